The van der Waals surface area contributed by atoms with Gasteiger partial charge in [-0.3, -0.25) is 0 Å². The standard InChI is InChI=1S/C39H26FNO/c1-39(2)33-21-36-31(19-29(33)30-20-32-28-8-4-6-10-37(28)42-38(32)22-34(30)39)27-7-3-5-9-35(27)41(36)26-17-13-24(14-18-26)23-11-15-25(40)16-12-23/h3-22H,1-2H3. The molecule has 0 bridgehead atoms. The normalized spacial score (nSPS) is 13.8. The van der Waals surface area contributed by atoms with Crippen LogP contribution in [0.4, 0.5) is 4.39 Å². The molecule has 2 aromatic heterocycles. The van der Waals surface area contributed by atoms with Gasteiger partial charge in [0, 0.05) is 32.6 Å². The molecule has 0 radical (unpaired) electrons. The van der Waals surface area contributed by atoms with Crippen LogP contribution in [0, 0.1) is 5.82 Å². The SMILES string of the molecule is CC1(C)c2cc3oc4ccccc4c3cc2-c2cc3c4ccccc4n(-c4ccc(-c5ccc(F)cc5)cc4)c3cc21. The Labute approximate surface area is 242 Å². The first kappa shape index (κ1) is 23.5. The van der Waals surface area contributed by atoms with Crippen molar-refractivity contribution >= 4 is 43.7 Å². The third kappa shape index (κ3) is 3.14. The van der Waals surface area contributed by atoms with Crippen molar-refractivity contribution in [1.29, 1.82) is 0 Å². The first-order valence-corrected chi connectivity index (χ1v) is 14.4. The zero-order valence-corrected chi connectivity index (χ0v) is 23.3. The van der Waals surface area contributed by atoms with Gasteiger partial charge in [0.25, 0.3) is 0 Å². The lowest BCUT2D eigenvalue weighted by Gasteiger charge is -2.21. The van der Waals surface area contributed by atoms with E-state index in [1.165, 1.54) is 56.2 Å². The van der Waals surface area contributed by atoms with Gasteiger partial charge < -0.3 is 8.98 Å². The number of benzene rings is 6. The molecule has 3 heteroatoms. The number of rotatable bonds is 2. The Morgan fingerprint density at radius 2 is 1.17 bits per heavy atom. The molecule has 0 amide bonds. The summed E-state index contributed by atoms with van der Waals surface area (Å²) in [6.45, 7) is 4.64. The van der Waals surface area contributed by atoms with E-state index in [9.17, 15) is 4.39 Å². The van der Waals surface area contributed by atoms with E-state index in [1.54, 1.807) is 0 Å². The van der Waals surface area contributed by atoms with Gasteiger partial charge in [-0.25, -0.2) is 4.39 Å². The summed E-state index contributed by atoms with van der Waals surface area (Å²) in [6, 6.07) is 41.6. The molecule has 0 fully saturated rings. The molecule has 2 nitrogen and oxygen atoms in total. The molecule has 0 atom stereocenters. The molecule has 6 aromatic carbocycles. The number of hydrogen-bond donors (Lipinski definition) is 0. The summed E-state index contributed by atoms with van der Waals surface area (Å²) < 4.78 is 22.2. The van der Waals surface area contributed by atoms with Crippen molar-refractivity contribution in [3.63, 3.8) is 0 Å². The number of aromatic nitrogens is 1. The summed E-state index contributed by atoms with van der Waals surface area (Å²) in [5.41, 5.74) is 12.4. The van der Waals surface area contributed by atoms with Gasteiger partial charge in [-0.05, 0) is 94.0 Å². The van der Waals surface area contributed by atoms with Gasteiger partial charge in [0.2, 0.25) is 0 Å². The largest absolute Gasteiger partial charge is 0.456 e. The second-order valence-electron chi connectivity index (χ2n) is 11.9. The number of nitrogens with zero attached hydrogens (tertiary/aromatic N) is 1. The molecular weight excluding hydrogens is 517 g/mol. The van der Waals surface area contributed by atoms with Crippen molar-refractivity contribution in [3.8, 4) is 27.9 Å². The highest BCUT2D eigenvalue weighted by atomic mass is 19.1. The molecule has 1 aliphatic rings. The Balaban J connectivity index is 1.28. The van der Waals surface area contributed by atoms with Crippen molar-refractivity contribution in [1.82, 2.24) is 4.57 Å². The fourth-order valence-corrected chi connectivity index (χ4v) is 7.13. The lowest BCUT2D eigenvalue weighted by atomic mass is 9.82. The molecule has 9 rings (SSSR count). The van der Waals surface area contributed by atoms with Gasteiger partial charge in [0.1, 0.15) is 17.0 Å². The molecule has 0 unspecified atom stereocenters. The van der Waals surface area contributed by atoms with E-state index in [2.05, 4.69) is 103 Å². The minimum atomic E-state index is -0.222. The first-order valence-electron chi connectivity index (χ1n) is 14.4. The van der Waals surface area contributed by atoms with E-state index in [0.717, 1.165) is 38.8 Å². The summed E-state index contributed by atoms with van der Waals surface area (Å²) >= 11 is 0. The van der Waals surface area contributed by atoms with Gasteiger partial charge in [-0.15, -0.1) is 0 Å². The zero-order chi connectivity index (χ0) is 28.2. The summed E-state index contributed by atoms with van der Waals surface area (Å²) in [6.07, 6.45) is 0. The lowest BCUT2D eigenvalue weighted by Crippen LogP contribution is -2.15. The van der Waals surface area contributed by atoms with Crippen LogP contribution in [0.15, 0.2) is 126 Å². The smallest absolute Gasteiger partial charge is 0.135 e. The topological polar surface area (TPSA) is 18.1 Å². The van der Waals surface area contributed by atoms with Crippen LogP contribution in [0.25, 0.3) is 71.7 Å². The maximum atomic E-state index is 13.5. The summed E-state index contributed by atoms with van der Waals surface area (Å²) in [5, 5.41) is 4.80. The van der Waals surface area contributed by atoms with E-state index in [-0.39, 0.29) is 11.2 Å². The van der Waals surface area contributed by atoms with Gasteiger partial charge in [-0.1, -0.05) is 74.5 Å². The minimum absolute atomic E-state index is 0.181. The fraction of sp³-hybridized carbons (Fsp3) is 0.0769. The predicted molar refractivity (Wildman–Crippen MR) is 171 cm³/mol. The van der Waals surface area contributed by atoms with Crippen molar-refractivity contribution < 1.29 is 8.81 Å². The van der Waals surface area contributed by atoms with E-state index in [1.807, 2.05) is 24.3 Å². The second kappa shape index (κ2) is 8.20. The predicted octanol–water partition coefficient (Wildman–Crippen LogP) is 10.8. The molecular formula is C39H26FNO. The highest BCUT2D eigenvalue weighted by molar-refractivity contribution is 6.13. The molecule has 0 aliphatic heterocycles. The van der Waals surface area contributed by atoms with Gasteiger partial charge >= 0.3 is 0 Å². The van der Waals surface area contributed by atoms with Crippen LogP contribution >= 0.6 is 0 Å². The number of fused-ring (bicyclic) bond motifs is 9. The molecule has 8 aromatic rings. The number of hydrogen-bond acceptors (Lipinski definition) is 1. The first-order chi connectivity index (χ1) is 20.5. The van der Waals surface area contributed by atoms with Gasteiger partial charge in [0.05, 0.1) is 11.0 Å². The number of para-hydroxylation sites is 2. The van der Waals surface area contributed by atoms with Crippen molar-refractivity contribution in [3.05, 3.63) is 138 Å². The van der Waals surface area contributed by atoms with E-state index < -0.39 is 0 Å². The van der Waals surface area contributed by atoms with Crippen LogP contribution in [0.3, 0.4) is 0 Å². The van der Waals surface area contributed by atoms with Crippen LogP contribution in [0.2, 0.25) is 0 Å². The molecule has 42 heavy (non-hydrogen) atoms. The van der Waals surface area contributed by atoms with Gasteiger partial charge in [-0.2, -0.15) is 0 Å². The Morgan fingerprint density at radius 3 is 1.93 bits per heavy atom. The molecule has 0 saturated carbocycles. The highest BCUT2D eigenvalue weighted by Gasteiger charge is 2.37. The van der Waals surface area contributed by atoms with Crippen molar-refractivity contribution in [2.24, 2.45) is 0 Å². The fourth-order valence-electron chi connectivity index (χ4n) is 7.13. The van der Waals surface area contributed by atoms with Crippen LogP contribution in [0.5, 0.6) is 0 Å². The maximum absolute atomic E-state index is 13.5. The molecule has 0 saturated heterocycles. The quantitative estimate of drug-likeness (QED) is 0.212. The van der Waals surface area contributed by atoms with Crippen LogP contribution in [-0.2, 0) is 5.41 Å². The van der Waals surface area contributed by atoms with E-state index in [4.69, 9.17) is 4.42 Å². The third-order valence-electron chi connectivity index (χ3n) is 9.27. The molecule has 0 N–H and O–H groups in total. The monoisotopic (exact) mass is 543 g/mol. The summed E-state index contributed by atoms with van der Waals surface area (Å²) in [5.74, 6) is -0.222. The lowest BCUT2D eigenvalue weighted by molar-refractivity contribution is 0.628. The molecule has 1 aliphatic carbocycles. The minimum Gasteiger partial charge on any atom is -0.456 e. The average molecular weight is 544 g/mol. The Morgan fingerprint density at radius 1 is 0.548 bits per heavy atom. The summed E-state index contributed by atoms with van der Waals surface area (Å²) in [7, 11) is 0. The van der Waals surface area contributed by atoms with Crippen molar-refractivity contribution in [2.75, 3.05) is 0 Å². The third-order valence-corrected chi connectivity index (χ3v) is 9.27. The highest BCUT2D eigenvalue weighted by Crippen LogP contribution is 2.52. The average Bonchev–Trinajstić information content (AvgIpc) is 3.61. The van der Waals surface area contributed by atoms with Crippen LogP contribution < -0.4 is 0 Å². The number of halogens is 1. The summed E-state index contributed by atoms with van der Waals surface area (Å²) in [4.78, 5) is 0. The van der Waals surface area contributed by atoms with E-state index >= 15 is 0 Å². The Bertz CT molecular complexity index is 2370. The molecule has 2 heterocycles. The second-order valence-corrected chi connectivity index (χ2v) is 11.9. The maximum Gasteiger partial charge on any atom is 0.135 e. The molecule has 0 spiro atoms. The van der Waals surface area contributed by atoms with Crippen LogP contribution in [-0.4, -0.2) is 4.57 Å². The van der Waals surface area contributed by atoms with Crippen molar-refractivity contribution in [2.45, 2.75) is 19.3 Å². The number of furan rings is 1. The zero-order valence-electron chi connectivity index (χ0n) is 23.3. The van der Waals surface area contributed by atoms with Gasteiger partial charge in [0.15, 0.2) is 0 Å². The Kier molecular flexibility index (Phi) is 4.60. The molecule has 200 valence electrons. The Hall–Kier alpha value is -5.15. The van der Waals surface area contributed by atoms with Crippen LogP contribution in [0.1, 0.15) is 25.0 Å². The van der Waals surface area contributed by atoms with E-state index in [0.29, 0.717) is 0 Å².